The summed E-state index contributed by atoms with van der Waals surface area (Å²) in [5, 5.41) is 25.0. The Morgan fingerprint density at radius 1 is 1.35 bits per heavy atom. The first kappa shape index (κ1) is 12.4. The number of rotatable bonds is 5. The average Bonchev–Trinajstić information content (AvgIpc) is 2.84. The highest BCUT2D eigenvalue weighted by atomic mass is 16.3. The molecule has 1 aliphatic rings. The Morgan fingerprint density at radius 2 is 2.12 bits per heavy atom. The molecule has 0 atom stereocenters. The summed E-state index contributed by atoms with van der Waals surface area (Å²) >= 11 is 0. The Kier molecular flexibility index (Phi) is 3.66. The average molecular weight is 236 g/mol. The molecule has 1 heterocycles. The maximum atomic E-state index is 9.22. The zero-order valence-corrected chi connectivity index (χ0v) is 10.2. The van der Waals surface area contributed by atoms with Crippen molar-refractivity contribution in [3.05, 3.63) is 29.3 Å². The fourth-order valence-electron chi connectivity index (χ4n) is 2.03. The number of para-hydroxylation sites is 1. The molecule has 0 radical (unpaired) electrons. The molecule has 94 valence electrons. The Labute approximate surface area is 102 Å². The number of benzene rings is 1. The summed E-state index contributed by atoms with van der Waals surface area (Å²) in [6, 6.07) is 6.26. The van der Waals surface area contributed by atoms with Gasteiger partial charge < -0.3 is 20.8 Å². The lowest BCUT2D eigenvalue weighted by Crippen LogP contribution is -2.48. The third kappa shape index (κ3) is 2.60. The van der Waals surface area contributed by atoms with Crippen LogP contribution in [0.25, 0.3) is 0 Å². The van der Waals surface area contributed by atoms with Gasteiger partial charge in [-0.15, -0.1) is 0 Å². The van der Waals surface area contributed by atoms with E-state index in [2.05, 4.69) is 28.8 Å². The third-order valence-corrected chi connectivity index (χ3v) is 3.34. The van der Waals surface area contributed by atoms with Gasteiger partial charge in [0.15, 0.2) is 0 Å². The van der Waals surface area contributed by atoms with Crippen LogP contribution in [0.1, 0.15) is 18.1 Å². The van der Waals surface area contributed by atoms with Crippen LogP contribution >= 0.6 is 0 Å². The standard InChI is InChI=1S/C13H20N2O2/c1-13(8-16,9-17)15-7-11-4-2-3-10-5-6-14-12(10)11/h2-4,14-17H,5-9H2,1H3. The number of aliphatic hydroxyl groups is 2. The molecule has 0 amide bonds. The van der Waals surface area contributed by atoms with Crippen molar-refractivity contribution in [2.45, 2.75) is 25.4 Å². The fraction of sp³-hybridized carbons (Fsp3) is 0.538. The van der Waals surface area contributed by atoms with Crippen molar-refractivity contribution in [3.8, 4) is 0 Å². The highest BCUT2D eigenvalue weighted by molar-refractivity contribution is 5.61. The first-order chi connectivity index (χ1) is 8.18. The summed E-state index contributed by atoms with van der Waals surface area (Å²) < 4.78 is 0. The normalized spacial score (nSPS) is 14.5. The molecule has 0 saturated heterocycles. The Bertz CT molecular complexity index is 389. The van der Waals surface area contributed by atoms with E-state index in [0.717, 1.165) is 13.0 Å². The Balaban J connectivity index is 2.07. The van der Waals surface area contributed by atoms with Gasteiger partial charge >= 0.3 is 0 Å². The third-order valence-electron chi connectivity index (χ3n) is 3.34. The first-order valence-electron chi connectivity index (χ1n) is 6.00. The molecule has 4 heteroatoms. The maximum absolute atomic E-state index is 9.22. The van der Waals surface area contributed by atoms with E-state index in [9.17, 15) is 10.2 Å². The van der Waals surface area contributed by atoms with E-state index >= 15 is 0 Å². The molecular weight excluding hydrogens is 216 g/mol. The summed E-state index contributed by atoms with van der Waals surface area (Å²) in [6.45, 7) is 3.29. The highest BCUT2D eigenvalue weighted by Crippen LogP contribution is 2.26. The van der Waals surface area contributed by atoms with E-state index < -0.39 is 5.54 Å². The number of hydrogen-bond acceptors (Lipinski definition) is 4. The van der Waals surface area contributed by atoms with Crippen LogP contribution in [0.5, 0.6) is 0 Å². The van der Waals surface area contributed by atoms with Gasteiger partial charge in [-0.25, -0.2) is 0 Å². The molecule has 17 heavy (non-hydrogen) atoms. The fourth-order valence-corrected chi connectivity index (χ4v) is 2.03. The van der Waals surface area contributed by atoms with Gasteiger partial charge in [0.05, 0.1) is 18.8 Å². The SMILES string of the molecule is CC(CO)(CO)NCc1cccc2c1NCC2. The molecule has 1 aromatic rings. The second kappa shape index (κ2) is 5.04. The monoisotopic (exact) mass is 236 g/mol. The molecule has 0 aliphatic carbocycles. The predicted octanol–water partition coefficient (Wildman–Crippen LogP) is 0.487. The number of anilines is 1. The molecular formula is C13H20N2O2. The van der Waals surface area contributed by atoms with E-state index in [4.69, 9.17) is 0 Å². The maximum Gasteiger partial charge on any atom is 0.0633 e. The van der Waals surface area contributed by atoms with E-state index in [1.54, 1.807) is 0 Å². The van der Waals surface area contributed by atoms with E-state index in [1.807, 2.05) is 6.92 Å². The van der Waals surface area contributed by atoms with Crippen LogP contribution in [0, 0.1) is 0 Å². The lowest BCUT2D eigenvalue weighted by atomic mass is 10.0. The van der Waals surface area contributed by atoms with Crippen molar-refractivity contribution < 1.29 is 10.2 Å². The molecule has 0 saturated carbocycles. The molecule has 2 rings (SSSR count). The van der Waals surface area contributed by atoms with Crippen LogP contribution in [0.4, 0.5) is 5.69 Å². The lowest BCUT2D eigenvalue weighted by molar-refractivity contribution is 0.103. The van der Waals surface area contributed by atoms with Gasteiger partial charge in [0, 0.05) is 18.8 Å². The quantitative estimate of drug-likeness (QED) is 0.601. The number of hydrogen-bond donors (Lipinski definition) is 4. The Morgan fingerprint density at radius 3 is 2.82 bits per heavy atom. The molecule has 0 unspecified atom stereocenters. The topological polar surface area (TPSA) is 64.5 Å². The van der Waals surface area contributed by atoms with Gasteiger partial charge in [-0.2, -0.15) is 0 Å². The Hall–Kier alpha value is -1.10. The van der Waals surface area contributed by atoms with Gasteiger partial charge in [-0.1, -0.05) is 18.2 Å². The van der Waals surface area contributed by atoms with Crippen molar-refractivity contribution in [1.29, 1.82) is 0 Å². The molecule has 0 aromatic heterocycles. The molecule has 4 N–H and O–H groups in total. The van der Waals surface area contributed by atoms with Crippen LogP contribution in [-0.2, 0) is 13.0 Å². The minimum Gasteiger partial charge on any atom is -0.394 e. The number of fused-ring (bicyclic) bond motifs is 1. The van der Waals surface area contributed by atoms with Crippen LogP contribution in [-0.4, -0.2) is 35.5 Å². The van der Waals surface area contributed by atoms with Crippen LogP contribution in [0.15, 0.2) is 18.2 Å². The molecule has 4 nitrogen and oxygen atoms in total. The van der Waals surface area contributed by atoms with E-state index in [-0.39, 0.29) is 13.2 Å². The summed E-state index contributed by atoms with van der Waals surface area (Å²) in [7, 11) is 0. The van der Waals surface area contributed by atoms with Crippen molar-refractivity contribution in [1.82, 2.24) is 5.32 Å². The van der Waals surface area contributed by atoms with Crippen molar-refractivity contribution in [2.75, 3.05) is 25.1 Å². The van der Waals surface area contributed by atoms with Crippen LogP contribution in [0.2, 0.25) is 0 Å². The lowest BCUT2D eigenvalue weighted by Gasteiger charge is -2.26. The second-order valence-electron chi connectivity index (χ2n) is 4.86. The van der Waals surface area contributed by atoms with E-state index in [0.29, 0.717) is 6.54 Å². The predicted molar refractivity (Wildman–Crippen MR) is 68.1 cm³/mol. The van der Waals surface area contributed by atoms with Crippen LogP contribution in [0.3, 0.4) is 0 Å². The summed E-state index contributed by atoms with van der Waals surface area (Å²) in [6.07, 6.45) is 1.07. The first-order valence-corrected chi connectivity index (χ1v) is 6.00. The van der Waals surface area contributed by atoms with E-state index in [1.165, 1.54) is 16.8 Å². The number of nitrogens with one attached hydrogen (secondary N) is 2. The molecule has 0 bridgehead atoms. The molecule has 0 fully saturated rings. The highest BCUT2D eigenvalue weighted by Gasteiger charge is 2.22. The van der Waals surface area contributed by atoms with Gasteiger partial charge in [0.2, 0.25) is 0 Å². The van der Waals surface area contributed by atoms with Crippen LogP contribution < -0.4 is 10.6 Å². The van der Waals surface area contributed by atoms with Gasteiger partial charge in [0.1, 0.15) is 0 Å². The van der Waals surface area contributed by atoms with Gasteiger partial charge in [-0.05, 0) is 24.5 Å². The largest absolute Gasteiger partial charge is 0.394 e. The molecule has 1 aliphatic heterocycles. The van der Waals surface area contributed by atoms with Crippen molar-refractivity contribution in [2.24, 2.45) is 0 Å². The summed E-state index contributed by atoms with van der Waals surface area (Å²) in [4.78, 5) is 0. The minimum absolute atomic E-state index is 0.0774. The summed E-state index contributed by atoms with van der Waals surface area (Å²) in [5.74, 6) is 0. The minimum atomic E-state index is -0.624. The smallest absolute Gasteiger partial charge is 0.0633 e. The van der Waals surface area contributed by atoms with Gasteiger partial charge in [0.25, 0.3) is 0 Å². The van der Waals surface area contributed by atoms with Crippen molar-refractivity contribution in [3.63, 3.8) is 0 Å². The zero-order valence-electron chi connectivity index (χ0n) is 10.2. The molecule has 0 spiro atoms. The zero-order chi connectivity index (χ0) is 12.3. The molecule has 1 aromatic carbocycles. The van der Waals surface area contributed by atoms with Crippen molar-refractivity contribution >= 4 is 5.69 Å². The van der Waals surface area contributed by atoms with Gasteiger partial charge in [-0.3, -0.25) is 0 Å². The second-order valence-corrected chi connectivity index (χ2v) is 4.86. The number of aliphatic hydroxyl groups excluding tert-OH is 2. The summed E-state index contributed by atoms with van der Waals surface area (Å²) in [5.41, 5.74) is 3.12.